The second-order valence-corrected chi connectivity index (χ2v) is 15.9. The Morgan fingerprint density at radius 1 is 0.982 bits per heavy atom. The number of fused-ring (bicyclic) bond motifs is 2. The summed E-state index contributed by atoms with van der Waals surface area (Å²) in [5.41, 5.74) is 3.67. The van der Waals surface area contributed by atoms with E-state index in [1.165, 1.54) is 23.6 Å². The Balaban J connectivity index is 0.804. The number of pyridine rings is 1. The number of methoxy groups -OCH3 is 1. The van der Waals surface area contributed by atoms with Gasteiger partial charge in [-0.1, -0.05) is 6.07 Å². The number of hydrogen-bond donors (Lipinski definition) is 3. The van der Waals surface area contributed by atoms with E-state index in [0.717, 1.165) is 93.2 Å². The Bertz CT molecular complexity index is 2390. The number of nitrogens with zero attached hydrogens (tertiary/aromatic N) is 6. The Hall–Kier alpha value is -5.57. The molecular weight excluding hydrogens is 730 g/mol. The van der Waals surface area contributed by atoms with Crippen LogP contribution in [0.25, 0.3) is 21.9 Å². The third-order valence-corrected chi connectivity index (χ3v) is 12.3. The summed E-state index contributed by atoms with van der Waals surface area (Å²) in [5.74, 6) is 0.158. The van der Waals surface area contributed by atoms with Gasteiger partial charge in [-0.3, -0.25) is 33.5 Å². The maximum Gasteiger partial charge on any atom is 0.329 e. The van der Waals surface area contributed by atoms with Crippen LogP contribution in [0.2, 0.25) is 0 Å². The standard InChI is InChI=1S/C42H50FN9O5/c1-25-30(43)11-12-32(45-25)40(54)46-34-21-28-24-51(48-33(28)22-37(34)57-3)29-9-7-27(8-10-29)23-50-19-16-26(17-20-50)15-18-44-31-5-4-6-35-39(31)49(2)42(56)52(35)36-13-14-38(53)47-41(36)55/h4-6,11-12,21-22,24,26-27,29,36,44H,7-10,13-20,23H2,1-3H3,(H,46,54)(H,47,53,55)/t27-,29-,36?. The zero-order valence-electron chi connectivity index (χ0n) is 32.7. The lowest BCUT2D eigenvalue weighted by molar-refractivity contribution is -0.135. The van der Waals surface area contributed by atoms with Crippen LogP contribution >= 0.6 is 0 Å². The number of ether oxygens (including phenoxy) is 1. The smallest absolute Gasteiger partial charge is 0.329 e. The van der Waals surface area contributed by atoms with Gasteiger partial charge in [-0.15, -0.1) is 0 Å². The van der Waals surface area contributed by atoms with Crippen LogP contribution in [0, 0.1) is 24.6 Å². The minimum absolute atomic E-state index is 0.129. The molecule has 14 nitrogen and oxygen atoms in total. The van der Waals surface area contributed by atoms with Gasteiger partial charge in [0.1, 0.15) is 23.3 Å². The van der Waals surface area contributed by atoms with Gasteiger partial charge in [0, 0.05) is 44.2 Å². The fourth-order valence-electron chi connectivity index (χ4n) is 9.02. The number of halogens is 1. The molecule has 1 unspecified atom stereocenters. The molecule has 3 aromatic heterocycles. The number of aryl methyl sites for hydroxylation is 2. The summed E-state index contributed by atoms with van der Waals surface area (Å²) < 4.78 is 24.5. The van der Waals surface area contributed by atoms with Crippen molar-refractivity contribution in [3.63, 3.8) is 0 Å². The number of imidazole rings is 1. The first-order valence-corrected chi connectivity index (χ1v) is 20.1. The number of amides is 3. The molecule has 1 saturated carbocycles. The lowest BCUT2D eigenvalue weighted by Crippen LogP contribution is -2.44. The number of rotatable bonds is 11. The normalized spacial score (nSPS) is 20.9. The minimum Gasteiger partial charge on any atom is -0.494 e. The first kappa shape index (κ1) is 38.3. The largest absolute Gasteiger partial charge is 0.494 e. The van der Waals surface area contributed by atoms with Crippen molar-refractivity contribution in [1.29, 1.82) is 0 Å². The van der Waals surface area contributed by atoms with E-state index in [4.69, 9.17) is 9.84 Å². The van der Waals surface area contributed by atoms with Gasteiger partial charge in [0.15, 0.2) is 0 Å². The molecule has 3 aliphatic rings. The number of nitrogens with one attached hydrogen (secondary N) is 3. The summed E-state index contributed by atoms with van der Waals surface area (Å²) in [4.78, 5) is 57.2. The van der Waals surface area contributed by atoms with Crippen LogP contribution in [0.15, 0.2) is 53.5 Å². The maximum absolute atomic E-state index is 13.7. The molecule has 0 spiro atoms. The fraction of sp³-hybridized carbons (Fsp3) is 0.476. The van der Waals surface area contributed by atoms with Gasteiger partial charge in [0.2, 0.25) is 11.8 Å². The third kappa shape index (κ3) is 7.89. The zero-order valence-corrected chi connectivity index (χ0v) is 32.7. The van der Waals surface area contributed by atoms with Crippen molar-refractivity contribution < 1.29 is 23.5 Å². The van der Waals surface area contributed by atoms with Crippen LogP contribution in [-0.4, -0.2) is 79.8 Å². The number of hydrogen-bond acceptors (Lipinski definition) is 9. The van der Waals surface area contributed by atoms with Gasteiger partial charge in [0.05, 0.1) is 46.8 Å². The molecule has 15 heteroatoms. The number of anilines is 2. The predicted octanol–water partition coefficient (Wildman–Crippen LogP) is 5.72. The number of carbonyl (C=O) groups excluding carboxylic acids is 3. The summed E-state index contributed by atoms with van der Waals surface area (Å²) >= 11 is 0. The van der Waals surface area contributed by atoms with E-state index in [1.807, 2.05) is 36.5 Å². The molecular formula is C42H50FN9O5. The van der Waals surface area contributed by atoms with E-state index in [2.05, 4.69) is 30.5 Å². The lowest BCUT2D eigenvalue weighted by Gasteiger charge is -2.36. The first-order chi connectivity index (χ1) is 27.6. The molecule has 57 heavy (non-hydrogen) atoms. The van der Waals surface area contributed by atoms with E-state index in [-0.39, 0.29) is 29.4 Å². The Kier molecular flexibility index (Phi) is 10.8. The molecule has 0 bridgehead atoms. The molecule has 2 aliphatic heterocycles. The average molecular weight is 780 g/mol. The first-order valence-electron chi connectivity index (χ1n) is 20.1. The van der Waals surface area contributed by atoms with Crippen molar-refractivity contribution in [2.24, 2.45) is 18.9 Å². The molecule has 5 heterocycles. The van der Waals surface area contributed by atoms with Crippen LogP contribution < -0.4 is 26.4 Å². The van der Waals surface area contributed by atoms with Crippen molar-refractivity contribution in [3.05, 3.63) is 76.4 Å². The second-order valence-electron chi connectivity index (χ2n) is 15.9. The van der Waals surface area contributed by atoms with Gasteiger partial charge in [-0.25, -0.2) is 14.2 Å². The fourth-order valence-corrected chi connectivity index (χ4v) is 9.02. The van der Waals surface area contributed by atoms with Crippen LogP contribution in [0.3, 0.4) is 0 Å². The topological polar surface area (TPSA) is 157 Å². The molecule has 3 fully saturated rings. The molecule has 1 atom stereocenters. The minimum atomic E-state index is -0.700. The van der Waals surface area contributed by atoms with E-state index < -0.39 is 23.7 Å². The molecule has 2 aromatic carbocycles. The van der Waals surface area contributed by atoms with Crippen LogP contribution in [0.5, 0.6) is 5.75 Å². The predicted molar refractivity (Wildman–Crippen MR) is 215 cm³/mol. The van der Waals surface area contributed by atoms with Gasteiger partial charge in [0.25, 0.3) is 5.91 Å². The van der Waals surface area contributed by atoms with E-state index in [0.29, 0.717) is 41.3 Å². The van der Waals surface area contributed by atoms with Crippen molar-refractivity contribution in [3.8, 4) is 5.75 Å². The van der Waals surface area contributed by atoms with Crippen molar-refractivity contribution in [2.45, 2.75) is 76.8 Å². The Labute approximate surface area is 329 Å². The highest BCUT2D eigenvalue weighted by Crippen LogP contribution is 2.36. The number of aromatic nitrogens is 5. The van der Waals surface area contributed by atoms with Crippen LogP contribution in [0.1, 0.15) is 86.1 Å². The number of benzene rings is 2. The molecule has 1 aliphatic carbocycles. The van der Waals surface area contributed by atoms with Gasteiger partial charge in [-0.2, -0.15) is 5.10 Å². The Morgan fingerprint density at radius 3 is 2.51 bits per heavy atom. The molecule has 300 valence electrons. The lowest BCUT2D eigenvalue weighted by atomic mass is 9.85. The van der Waals surface area contributed by atoms with Crippen LogP contribution in [-0.2, 0) is 16.6 Å². The molecule has 3 N–H and O–H groups in total. The monoisotopic (exact) mass is 779 g/mol. The quantitative estimate of drug-likeness (QED) is 0.143. The highest BCUT2D eigenvalue weighted by molar-refractivity contribution is 6.05. The summed E-state index contributed by atoms with van der Waals surface area (Å²) in [6.45, 7) is 5.65. The summed E-state index contributed by atoms with van der Waals surface area (Å²) in [6.07, 6.45) is 10.4. The van der Waals surface area contributed by atoms with Gasteiger partial charge < -0.3 is 20.3 Å². The molecule has 8 rings (SSSR count). The van der Waals surface area contributed by atoms with Crippen molar-refractivity contribution >= 4 is 51.0 Å². The van der Waals surface area contributed by atoms with Gasteiger partial charge >= 0.3 is 5.69 Å². The average Bonchev–Trinajstić information content (AvgIpc) is 3.74. The molecule has 5 aromatic rings. The molecule has 3 amide bonds. The Morgan fingerprint density at radius 2 is 1.77 bits per heavy atom. The van der Waals surface area contributed by atoms with Gasteiger partial charge in [-0.05, 0) is 114 Å². The third-order valence-electron chi connectivity index (χ3n) is 12.3. The summed E-state index contributed by atoms with van der Waals surface area (Å²) in [7, 11) is 3.28. The van der Waals surface area contributed by atoms with E-state index in [9.17, 15) is 23.6 Å². The number of piperidine rings is 2. The van der Waals surface area contributed by atoms with E-state index >= 15 is 0 Å². The summed E-state index contributed by atoms with van der Waals surface area (Å²) in [5, 5.41) is 14.6. The highest BCUT2D eigenvalue weighted by atomic mass is 19.1. The second kappa shape index (κ2) is 16.1. The SMILES string of the molecule is COc1cc2nn([C@H]3CC[C@H](CN4CCC(CCNc5cccc6c5n(C)c(=O)n6C5CCC(=O)NC5=O)CC4)CC3)cc2cc1NC(=O)c1ccc(F)c(C)n1. The molecule has 0 radical (unpaired) electrons. The number of likely N-dealkylation sites (tertiary alicyclic amines) is 1. The van der Waals surface area contributed by atoms with E-state index in [1.54, 1.807) is 18.7 Å². The van der Waals surface area contributed by atoms with Crippen LogP contribution in [0.4, 0.5) is 15.8 Å². The number of para-hydroxylation sites is 1. The molecule has 2 saturated heterocycles. The highest BCUT2D eigenvalue weighted by Gasteiger charge is 2.32. The number of imide groups is 1. The maximum atomic E-state index is 13.7. The van der Waals surface area contributed by atoms with Crippen molar-refractivity contribution in [2.75, 3.05) is 43.9 Å². The summed E-state index contributed by atoms with van der Waals surface area (Å²) in [6, 6.07) is 11.7. The number of carbonyl (C=O) groups is 3. The van der Waals surface area contributed by atoms with Crippen molar-refractivity contribution in [1.82, 2.24) is 34.1 Å². The zero-order chi connectivity index (χ0) is 39.8.